The molecule has 2 N–H and O–H groups in total. The van der Waals surface area contributed by atoms with Crippen molar-refractivity contribution in [2.24, 2.45) is 0 Å². The number of carbonyl (C=O) groups is 2. The number of aromatic nitrogens is 2. The third-order valence-corrected chi connectivity index (χ3v) is 3.82. The molecule has 1 heterocycles. The normalized spacial score (nSPS) is 13.3. The standard InChI is InChI=1S/C17H21N3O3/c1-4-9-17(3,16(22)23)19-15(21)13-10-18-20(11-13)14-8-6-5-7-12(14)2/h5-8,10-11H,4,9H2,1-3H3,(H,19,21)(H,22,23)/t17-/m1/s1. The van der Waals surface area contributed by atoms with Gasteiger partial charge in [-0.1, -0.05) is 31.5 Å². The molecule has 0 saturated carbocycles. The van der Waals surface area contributed by atoms with Crippen LogP contribution in [-0.4, -0.2) is 32.3 Å². The molecule has 0 aliphatic carbocycles. The van der Waals surface area contributed by atoms with E-state index in [1.807, 2.05) is 38.1 Å². The topological polar surface area (TPSA) is 84.2 Å². The summed E-state index contributed by atoms with van der Waals surface area (Å²) in [7, 11) is 0. The summed E-state index contributed by atoms with van der Waals surface area (Å²) in [5.74, 6) is -1.48. The summed E-state index contributed by atoms with van der Waals surface area (Å²) in [6.07, 6.45) is 4.06. The molecule has 1 amide bonds. The van der Waals surface area contributed by atoms with Crippen LogP contribution in [0.3, 0.4) is 0 Å². The van der Waals surface area contributed by atoms with E-state index in [0.29, 0.717) is 18.4 Å². The zero-order valence-electron chi connectivity index (χ0n) is 13.5. The minimum absolute atomic E-state index is 0.330. The summed E-state index contributed by atoms with van der Waals surface area (Å²) in [6, 6.07) is 7.69. The number of aliphatic carboxylic acids is 1. The van der Waals surface area contributed by atoms with Gasteiger partial charge in [-0.3, -0.25) is 4.79 Å². The molecule has 1 aromatic heterocycles. The van der Waals surface area contributed by atoms with Gasteiger partial charge in [0, 0.05) is 6.20 Å². The van der Waals surface area contributed by atoms with Crippen molar-refractivity contribution in [2.75, 3.05) is 0 Å². The highest BCUT2D eigenvalue weighted by atomic mass is 16.4. The van der Waals surface area contributed by atoms with Crippen LogP contribution in [-0.2, 0) is 4.79 Å². The molecule has 0 aliphatic rings. The van der Waals surface area contributed by atoms with Crippen LogP contribution < -0.4 is 5.32 Å². The van der Waals surface area contributed by atoms with Crippen molar-refractivity contribution in [2.45, 2.75) is 39.2 Å². The zero-order chi connectivity index (χ0) is 17.0. The highest BCUT2D eigenvalue weighted by Crippen LogP contribution is 2.16. The number of carbonyl (C=O) groups excluding carboxylic acids is 1. The van der Waals surface area contributed by atoms with Gasteiger partial charge in [-0.2, -0.15) is 5.10 Å². The molecule has 0 unspecified atom stereocenters. The monoisotopic (exact) mass is 315 g/mol. The number of rotatable bonds is 6. The largest absolute Gasteiger partial charge is 0.480 e. The molecule has 0 spiro atoms. The summed E-state index contributed by atoms with van der Waals surface area (Å²) in [6.45, 7) is 5.35. The van der Waals surface area contributed by atoms with E-state index in [2.05, 4.69) is 10.4 Å². The maximum absolute atomic E-state index is 12.3. The average Bonchev–Trinajstić information content (AvgIpc) is 2.97. The number of carboxylic acids is 1. The summed E-state index contributed by atoms with van der Waals surface area (Å²) >= 11 is 0. The maximum atomic E-state index is 12.3. The Kier molecular flexibility index (Phi) is 4.83. The van der Waals surface area contributed by atoms with Crippen molar-refractivity contribution in [1.82, 2.24) is 15.1 Å². The van der Waals surface area contributed by atoms with Crippen molar-refractivity contribution in [3.63, 3.8) is 0 Å². The van der Waals surface area contributed by atoms with Crippen molar-refractivity contribution in [3.8, 4) is 5.69 Å². The first-order chi connectivity index (χ1) is 10.9. The molecule has 122 valence electrons. The predicted octanol–water partition coefficient (Wildman–Crippen LogP) is 2.55. The zero-order valence-corrected chi connectivity index (χ0v) is 13.5. The number of benzene rings is 1. The lowest BCUT2D eigenvalue weighted by Crippen LogP contribution is -2.52. The fourth-order valence-electron chi connectivity index (χ4n) is 2.44. The van der Waals surface area contributed by atoms with Gasteiger partial charge in [0.2, 0.25) is 0 Å². The second-order valence-corrected chi connectivity index (χ2v) is 5.80. The quantitative estimate of drug-likeness (QED) is 0.858. The number of para-hydroxylation sites is 1. The maximum Gasteiger partial charge on any atom is 0.329 e. The summed E-state index contributed by atoms with van der Waals surface area (Å²) in [5.41, 5.74) is 0.957. The van der Waals surface area contributed by atoms with Crippen LogP contribution in [0.4, 0.5) is 0 Å². The molecule has 0 saturated heterocycles. The Morgan fingerprint density at radius 3 is 2.65 bits per heavy atom. The van der Waals surface area contributed by atoms with Gasteiger partial charge in [0.15, 0.2) is 0 Å². The SMILES string of the molecule is CCC[C@@](C)(NC(=O)c1cnn(-c2ccccc2C)c1)C(=O)O. The lowest BCUT2D eigenvalue weighted by molar-refractivity contribution is -0.144. The Hall–Kier alpha value is -2.63. The molecule has 1 aromatic carbocycles. The van der Waals surface area contributed by atoms with Crippen LogP contribution in [0.15, 0.2) is 36.7 Å². The third kappa shape index (κ3) is 3.59. The van der Waals surface area contributed by atoms with E-state index in [1.165, 1.54) is 13.1 Å². The lowest BCUT2D eigenvalue weighted by atomic mass is 9.96. The van der Waals surface area contributed by atoms with Crippen molar-refractivity contribution in [3.05, 3.63) is 47.8 Å². The first-order valence-electron chi connectivity index (χ1n) is 7.54. The third-order valence-electron chi connectivity index (χ3n) is 3.82. The van der Waals surface area contributed by atoms with Crippen molar-refractivity contribution < 1.29 is 14.7 Å². The molecule has 0 radical (unpaired) electrons. The molecular weight excluding hydrogens is 294 g/mol. The average molecular weight is 315 g/mol. The van der Waals surface area contributed by atoms with Gasteiger partial charge in [0.05, 0.1) is 17.4 Å². The summed E-state index contributed by atoms with van der Waals surface area (Å²) in [5, 5.41) is 16.1. The number of aryl methyl sites for hydroxylation is 1. The minimum atomic E-state index is -1.28. The van der Waals surface area contributed by atoms with Crippen LogP contribution in [0.25, 0.3) is 5.69 Å². The van der Waals surface area contributed by atoms with Crippen LogP contribution in [0.2, 0.25) is 0 Å². The van der Waals surface area contributed by atoms with Crippen molar-refractivity contribution in [1.29, 1.82) is 0 Å². The van der Waals surface area contributed by atoms with Gasteiger partial charge in [0.25, 0.3) is 5.91 Å². The highest BCUT2D eigenvalue weighted by molar-refractivity contribution is 5.97. The van der Waals surface area contributed by atoms with Gasteiger partial charge >= 0.3 is 5.97 Å². The Morgan fingerprint density at radius 1 is 1.35 bits per heavy atom. The second kappa shape index (κ2) is 6.64. The fraction of sp³-hybridized carbons (Fsp3) is 0.353. The van der Waals surface area contributed by atoms with E-state index in [1.54, 1.807) is 10.9 Å². The Labute approximate surface area is 135 Å². The molecule has 0 fully saturated rings. The van der Waals surface area contributed by atoms with E-state index in [4.69, 9.17) is 0 Å². The first kappa shape index (κ1) is 16.7. The summed E-state index contributed by atoms with van der Waals surface area (Å²) in [4.78, 5) is 23.8. The van der Waals surface area contributed by atoms with Gasteiger partial charge in [0.1, 0.15) is 5.54 Å². The fourth-order valence-corrected chi connectivity index (χ4v) is 2.44. The number of hydrogen-bond acceptors (Lipinski definition) is 3. The smallest absolute Gasteiger partial charge is 0.329 e. The number of nitrogens with one attached hydrogen (secondary N) is 1. The Morgan fingerprint density at radius 2 is 2.04 bits per heavy atom. The van der Waals surface area contributed by atoms with E-state index in [0.717, 1.165) is 11.3 Å². The van der Waals surface area contributed by atoms with Gasteiger partial charge < -0.3 is 10.4 Å². The lowest BCUT2D eigenvalue weighted by Gasteiger charge is -2.25. The molecule has 23 heavy (non-hydrogen) atoms. The van der Waals surface area contributed by atoms with Crippen LogP contribution >= 0.6 is 0 Å². The van der Waals surface area contributed by atoms with Crippen molar-refractivity contribution >= 4 is 11.9 Å². The van der Waals surface area contributed by atoms with Gasteiger partial charge in [-0.05, 0) is 31.9 Å². The van der Waals surface area contributed by atoms with Gasteiger partial charge in [-0.25, -0.2) is 9.48 Å². The number of amides is 1. The number of hydrogen-bond donors (Lipinski definition) is 2. The molecular formula is C17H21N3O3. The van der Waals surface area contributed by atoms with E-state index < -0.39 is 17.4 Å². The second-order valence-electron chi connectivity index (χ2n) is 5.80. The molecule has 0 bridgehead atoms. The van der Waals surface area contributed by atoms with Gasteiger partial charge in [-0.15, -0.1) is 0 Å². The molecule has 2 aromatic rings. The Balaban J connectivity index is 2.22. The van der Waals surface area contributed by atoms with Crippen LogP contribution in [0, 0.1) is 6.92 Å². The molecule has 6 heteroatoms. The molecule has 0 aliphatic heterocycles. The summed E-state index contributed by atoms with van der Waals surface area (Å²) < 4.78 is 1.61. The Bertz CT molecular complexity index is 723. The van der Waals surface area contributed by atoms with E-state index in [9.17, 15) is 14.7 Å². The molecule has 2 rings (SSSR count). The predicted molar refractivity (Wildman–Crippen MR) is 86.7 cm³/mol. The number of nitrogens with zero attached hydrogens (tertiary/aromatic N) is 2. The first-order valence-corrected chi connectivity index (χ1v) is 7.54. The van der Waals surface area contributed by atoms with Crippen LogP contribution in [0.1, 0.15) is 42.6 Å². The van der Waals surface area contributed by atoms with E-state index >= 15 is 0 Å². The van der Waals surface area contributed by atoms with E-state index in [-0.39, 0.29) is 0 Å². The highest BCUT2D eigenvalue weighted by Gasteiger charge is 2.34. The number of carboxylic acid groups (broad SMARTS) is 1. The molecule has 6 nitrogen and oxygen atoms in total. The molecule has 1 atom stereocenters. The minimum Gasteiger partial charge on any atom is -0.480 e. The van der Waals surface area contributed by atoms with Crippen LogP contribution in [0.5, 0.6) is 0 Å².